The fraction of sp³-hybridized carbons (Fsp3) is 0.333. The highest BCUT2D eigenvalue weighted by atomic mass is 35.5. The largest absolute Gasteiger partial charge is 0.392 e. The summed E-state index contributed by atoms with van der Waals surface area (Å²) in [5.41, 5.74) is 0.701. The van der Waals surface area contributed by atoms with Gasteiger partial charge in [0.05, 0.1) is 11.1 Å². The Morgan fingerprint density at radius 1 is 1.62 bits per heavy atom. The van der Waals surface area contributed by atoms with E-state index in [1.807, 2.05) is 0 Å². The maximum Gasteiger partial charge on any atom is 0.141 e. The van der Waals surface area contributed by atoms with E-state index in [1.165, 1.54) is 12.1 Å². The summed E-state index contributed by atoms with van der Waals surface area (Å²) in [4.78, 5) is 0. The molecule has 0 aliphatic carbocycles. The number of rotatable bonds is 3. The third-order valence-electron chi connectivity index (χ3n) is 1.52. The van der Waals surface area contributed by atoms with Gasteiger partial charge in [-0.1, -0.05) is 11.6 Å². The Bertz CT molecular complexity index is 291. The van der Waals surface area contributed by atoms with Crippen molar-refractivity contribution in [2.75, 3.05) is 11.9 Å². The highest BCUT2D eigenvalue weighted by Gasteiger charge is 2.01. The third-order valence-corrected chi connectivity index (χ3v) is 1.81. The van der Waals surface area contributed by atoms with Crippen LogP contribution in [-0.2, 0) is 0 Å². The van der Waals surface area contributed by atoms with Crippen LogP contribution in [-0.4, -0.2) is 17.8 Å². The first-order valence-corrected chi connectivity index (χ1v) is 4.34. The van der Waals surface area contributed by atoms with Crippen LogP contribution in [0.5, 0.6) is 0 Å². The second-order valence-electron chi connectivity index (χ2n) is 2.86. The number of halogens is 2. The summed E-state index contributed by atoms with van der Waals surface area (Å²) in [6.07, 6.45) is -0.441. The first-order valence-electron chi connectivity index (χ1n) is 3.96. The Morgan fingerprint density at radius 3 is 2.85 bits per heavy atom. The average molecular weight is 204 g/mol. The van der Waals surface area contributed by atoms with E-state index in [9.17, 15) is 4.39 Å². The Morgan fingerprint density at radius 2 is 2.31 bits per heavy atom. The molecule has 0 saturated carbocycles. The number of aliphatic hydroxyl groups excluding tert-OH is 1. The summed E-state index contributed by atoms with van der Waals surface area (Å²) in [6, 6.07) is 4.34. The van der Waals surface area contributed by atoms with Crippen LogP contribution in [0.1, 0.15) is 6.92 Å². The maximum absolute atomic E-state index is 12.7. The zero-order chi connectivity index (χ0) is 9.84. The molecule has 1 aromatic carbocycles. The molecule has 2 N–H and O–H groups in total. The molecular formula is C9H11ClFNO. The van der Waals surface area contributed by atoms with E-state index >= 15 is 0 Å². The molecule has 1 aromatic rings. The molecule has 0 radical (unpaired) electrons. The molecule has 0 aliphatic heterocycles. The van der Waals surface area contributed by atoms with E-state index < -0.39 is 11.9 Å². The van der Waals surface area contributed by atoms with E-state index in [1.54, 1.807) is 13.0 Å². The molecule has 0 spiro atoms. The van der Waals surface area contributed by atoms with Crippen LogP contribution in [0.3, 0.4) is 0 Å². The van der Waals surface area contributed by atoms with E-state index in [2.05, 4.69) is 5.32 Å². The quantitative estimate of drug-likeness (QED) is 0.790. The standard InChI is InChI=1S/C9H11ClFNO/c1-6(13)5-12-7-2-3-9(11)8(10)4-7/h2-4,6,12-13H,5H2,1H3/t6-/m1/s1. The van der Waals surface area contributed by atoms with Gasteiger partial charge in [-0.05, 0) is 25.1 Å². The lowest BCUT2D eigenvalue weighted by atomic mass is 10.3. The lowest BCUT2D eigenvalue weighted by Crippen LogP contribution is -2.15. The maximum atomic E-state index is 12.7. The summed E-state index contributed by atoms with van der Waals surface area (Å²) < 4.78 is 12.7. The molecule has 0 fully saturated rings. The van der Waals surface area contributed by atoms with Gasteiger partial charge in [-0.25, -0.2) is 4.39 Å². The van der Waals surface area contributed by atoms with Gasteiger partial charge < -0.3 is 10.4 Å². The van der Waals surface area contributed by atoms with Gasteiger partial charge >= 0.3 is 0 Å². The summed E-state index contributed by atoms with van der Waals surface area (Å²) in [6.45, 7) is 2.08. The average Bonchev–Trinajstić information content (AvgIpc) is 2.07. The number of hydrogen-bond acceptors (Lipinski definition) is 2. The van der Waals surface area contributed by atoms with Gasteiger partial charge in [-0.3, -0.25) is 0 Å². The molecule has 0 amide bonds. The molecule has 4 heteroatoms. The predicted molar refractivity (Wildman–Crippen MR) is 51.6 cm³/mol. The van der Waals surface area contributed by atoms with Gasteiger partial charge in [0.2, 0.25) is 0 Å². The minimum atomic E-state index is -0.441. The molecule has 0 saturated heterocycles. The van der Waals surface area contributed by atoms with Crippen molar-refractivity contribution in [3.05, 3.63) is 29.0 Å². The number of aliphatic hydroxyl groups is 1. The molecule has 72 valence electrons. The van der Waals surface area contributed by atoms with Crippen molar-refractivity contribution in [3.63, 3.8) is 0 Å². The zero-order valence-electron chi connectivity index (χ0n) is 7.22. The van der Waals surface area contributed by atoms with Crippen LogP contribution in [0.4, 0.5) is 10.1 Å². The van der Waals surface area contributed by atoms with Crippen LogP contribution < -0.4 is 5.32 Å². The van der Waals surface area contributed by atoms with Gasteiger partial charge in [-0.2, -0.15) is 0 Å². The molecule has 0 heterocycles. The normalized spacial score (nSPS) is 12.6. The van der Waals surface area contributed by atoms with Crippen LogP contribution in [0, 0.1) is 5.82 Å². The smallest absolute Gasteiger partial charge is 0.141 e. The number of nitrogens with one attached hydrogen (secondary N) is 1. The summed E-state index contributed by atoms with van der Waals surface area (Å²) in [5.74, 6) is -0.440. The predicted octanol–water partition coefficient (Wildman–Crippen LogP) is 2.27. The van der Waals surface area contributed by atoms with Crippen LogP contribution in [0.25, 0.3) is 0 Å². The van der Waals surface area contributed by atoms with Gasteiger partial charge in [0.25, 0.3) is 0 Å². The van der Waals surface area contributed by atoms with E-state index in [0.29, 0.717) is 12.2 Å². The van der Waals surface area contributed by atoms with E-state index in [-0.39, 0.29) is 5.02 Å². The fourth-order valence-corrected chi connectivity index (χ4v) is 1.05. The highest BCUT2D eigenvalue weighted by Crippen LogP contribution is 2.19. The van der Waals surface area contributed by atoms with Crippen molar-refractivity contribution in [1.82, 2.24) is 0 Å². The Balaban J connectivity index is 2.63. The topological polar surface area (TPSA) is 32.3 Å². The molecule has 1 rings (SSSR count). The second kappa shape index (κ2) is 4.44. The van der Waals surface area contributed by atoms with Crippen molar-refractivity contribution < 1.29 is 9.50 Å². The van der Waals surface area contributed by atoms with Crippen molar-refractivity contribution in [1.29, 1.82) is 0 Å². The lowest BCUT2D eigenvalue weighted by Gasteiger charge is -2.08. The lowest BCUT2D eigenvalue weighted by molar-refractivity contribution is 0.208. The summed E-state index contributed by atoms with van der Waals surface area (Å²) >= 11 is 5.55. The number of benzene rings is 1. The molecule has 1 atom stereocenters. The van der Waals surface area contributed by atoms with Crippen molar-refractivity contribution >= 4 is 17.3 Å². The Hall–Kier alpha value is -0.800. The molecule has 13 heavy (non-hydrogen) atoms. The van der Waals surface area contributed by atoms with Crippen molar-refractivity contribution in [2.24, 2.45) is 0 Å². The van der Waals surface area contributed by atoms with Gasteiger partial charge in [0.15, 0.2) is 0 Å². The molecule has 0 aromatic heterocycles. The van der Waals surface area contributed by atoms with Crippen LogP contribution >= 0.6 is 11.6 Å². The second-order valence-corrected chi connectivity index (χ2v) is 3.27. The van der Waals surface area contributed by atoms with E-state index in [0.717, 1.165) is 0 Å². The van der Waals surface area contributed by atoms with Crippen LogP contribution in [0.2, 0.25) is 5.02 Å². The van der Waals surface area contributed by atoms with Gasteiger partial charge in [0, 0.05) is 12.2 Å². The SMILES string of the molecule is C[C@@H](O)CNc1ccc(F)c(Cl)c1. The Labute approximate surface area is 81.3 Å². The van der Waals surface area contributed by atoms with Gasteiger partial charge in [-0.15, -0.1) is 0 Å². The number of hydrogen-bond donors (Lipinski definition) is 2. The molecule has 0 bridgehead atoms. The fourth-order valence-electron chi connectivity index (χ4n) is 0.872. The first kappa shape index (κ1) is 10.3. The minimum absolute atomic E-state index is 0.0793. The molecular weight excluding hydrogens is 193 g/mol. The van der Waals surface area contributed by atoms with E-state index in [4.69, 9.17) is 16.7 Å². The molecule has 0 unspecified atom stereocenters. The molecule has 2 nitrogen and oxygen atoms in total. The number of anilines is 1. The van der Waals surface area contributed by atoms with Crippen LogP contribution in [0.15, 0.2) is 18.2 Å². The highest BCUT2D eigenvalue weighted by molar-refractivity contribution is 6.31. The molecule has 0 aliphatic rings. The van der Waals surface area contributed by atoms with Gasteiger partial charge in [0.1, 0.15) is 5.82 Å². The third kappa shape index (κ3) is 3.20. The minimum Gasteiger partial charge on any atom is -0.392 e. The Kier molecular flexibility index (Phi) is 3.51. The zero-order valence-corrected chi connectivity index (χ0v) is 7.98. The van der Waals surface area contributed by atoms with Crippen molar-refractivity contribution in [3.8, 4) is 0 Å². The first-order chi connectivity index (χ1) is 6.09. The monoisotopic (exact) mass is 203 g/mol. The summed E-state index contributed by atoms with van der Waals surface area (Å²) in [7, 11) is 0. The summed E-state index contributed by atoms with van der Waals surface area (Å²) in [5, 5.41) is 12.0. The van der Waals surface area contributed by atoms with Crippen molar-refractivity contribution in [2.45, 2.75) is 13.0 Å².